The van der Waals surface area contributed by atoms with Crippen molar-refractivity contribution in [3.63, 3.8) is 0 Å². The summed E-state index contributed by atoms with van der Waals surface area (Å²) in [6.45, 7) is 4.45. The lowest BCUT2D eigenvalue weighted by molar-refractivity contribution is 0.186. The van der Waals surface area contributed by atoms with E-state index in [4.69, 9.17) is 9.47 Å². The summed E-state index contributed by atoms with van der Waals surface area (Å²) in [5.41, 5.74) is 3.71. The fourth-order valence-electron chi connectivity index (χ4n) is 2.41. The molecule has 0 bridgehead atoms. The standard InChI is InChI=1S/C19H23NO4/c1-5-14-9-10-16(13(2)11-14)24-12-15-7-6-8-17(22-3)18(15)20-19(21)23-4/h6-11H,5,12H2,1-4H3,(H,20,21). The van der Waals surface area contributed by atoms with Gasteiger partial charge in [-0.1, -0.05) is 31.2 Å². The molecule has 0 radical (unpaired) electrons. The molecule has 0 unspecified atom stereocenters. The van der Waals surface area contributed by atoms with Crippen molar-refractivity contribution in [1.29, 1.82) is 0 Å². The van der Waals surface area contributed by atoms with Crippen LogP contribution in [0.2, 0.25) is 0 Å². The Kier molecular flexibility index (Phi) is 6.07. The van der Waals surface area contributed by atoms with Gasteiger partial charge in [-0.05, 0) is 36.6 Å². The van der Waals surface area contributed by atoms with Crippen LogP contribution in [0.3, 0.4) is 0 Å². The summed E-state index contributed by atoms with van der Waals surface area (Å²) in [5.74, 6) is 1.37. The summed E-state index contributed by atoms with van der Waals surface area (Å²) in [4.78, 5) is 11.6. The Hall–Kier alpha value is -2.69. The number of para-hydroxylation sites is 1. The maximum Gasteiger partial charge on any atom is 0.411 e. The van der Waals surface area contributed by atoms with Crippen molar-refractivity contribution in [3.05, 3.63) is 53.1 Å². The zero-order valence-corrected chi connectivity index (χ0v) is 14.5. The highest BCUT2D eigenvalue weighted by atomic mass is 16.5. The number of aryl methyl sites for hydroxylation is 2. The Morgan fingerprint density at radius 2 is 1.92 bits per heavy atom. The van der Waals surface area contributed by atoms with Crippen LogP contribution in [0.15, 0.2) is 36.4 Å². The fourth-order valence-corrected chi connectivity index (χ4v) is 2.41. The summed E-state index contributed by atoms with van der Waals surface area (Å²) in [6.07, 6.45) is 0.439. The number of hydrogen-bond donors (Lipinski definition) is 1. The zero-order valence-electron chi connectivity index (χ0n) is 14.5. The summed E-state index contributed by atoms with van der Waals surface area (Å²) < 4.78 is 15.9. The lowest BCUT2D eigenvalue weighted by atomic mass is 10.1. The van der Waals surface area contributed by atoms with Gasteiger partial charge in [0.15, 0.2) is 0 Å². The van der Waals surface area contributed by atoms with Crippen molar-refractivity contribution in [2.24, 2.45) is 0 Å². The SMILES string of the molecule is CCc1ccc(OCc2cccc(OC)c2NC(=O)OC)c(C)c1. The molecule has 0 aliphatic heterocycles. The molecule has 0 saturated carbocycles. The van der Waals surface area contributed by atoms with Gasteiger partial charge in [0.05, 0.1) is 19.9 Å². The number of benzene rings is 2. The number of methoxy groups -OCH3 is 2. The van der Waals surface area contributed by atoms with Gasteiger partial charge in [0.25, 0.3) is 0 Å². The van der Waals surface area contributed by atoms with Crippen molar-refractivity contribution in [3.8, 4) is 11.5 Å². The number of carbonyl (C=O) groups is 1. The Morgan fingerprint density at radius 1 is 1.12 bits per heavy atom. The number of anilines is 1. The highest BCUT2D eigenvalue weighted by Crippen LogP contribution is 2.30. The number of carbonyl (C=O) groups excluding carboxylic acids is 1. The molecule has 2 aromatic rings. The third-order valence-corrected chi connectivity index (χ3v) is 3.78. The number of rotatable bonds is 6. The number of nitrogens with one attached hydrogen (secondary N) is 1. The van der Waals surface area contributed by atoms with Crippen LogP contribution in [0.4, 0.5) is 10.5 Å². The third-order valence-electron chi connectivity index (χ3n) is 3.78. The Labute approximate surface area is 142 Å². The van der Waals surface area contributed by atoms with Gasteiger partial charge in [0.2, 0.25) is 0 Å². The molecule has 0 heterocycles. The molecule has 0 aliphatic rings. The van der Waals surface area contributed by atoms with Crippen LogP contribution >= 0.6 is 0 Å². The minimum absolute atomic E-state index is 0.308. The van der Waals surface area contributed by atoms with Crippen molar-refractivity contribution in [2.75, 3.05) is 19.5 Å². The van der Waals surface area contributed by atoms with Crippen molar-refractivity contribution in [1.82, 2.24) is 0 Å². The number of amides is 1. The second-order valence-corrected chi connectivity index (χ2v) is 5.35. The molecule has 0 atom stereocenters. The predicted molar refractivity (Wildman–Crippen MR) is 93.9 cm³/mol. The Balaban J connectivity index is 2.21. The Morgan fingerprint density at radius 3 is 2.54 bits per heavy atom. The monoisotopic (exact) mass is 329 g/mol. The molecule has 0 aliphatic carbocycles. The van der Waals surface area contributed by atoms with Crippen molar-refractivity contribution < 1.29 is 19.0 Å². The molecular formula is C19H23NO4. The minimum Gasteiger partial charge on any atom is -0.495 e. The molecule has 1 N–H and O–H groups in total. The second kappa shape index (κ2) is 8.24. The molecule has 0 spiro atoms. The van der Waals surface area contributed by atoms with Gasteiger partial charge in [-0.3, -0.25) is 5.32 Å². The molecule has 0 aromatic heterocycles. The molecule has 1 amide bonds. The van der Waals surface area contributed by atoms with E-state index in [9.17, 15) is 4.79 Å². The number of hydrogen-bond acceptors (Lipinski definition) is 4. The molecule has 24 heavy (non-hydrogen) atoms. The first-order valence-electron chi connectivity index (χ1n) is 7.82. The smallest absolute Gasteiger partial charge is 0.411 e. The molecule has 2 rings (SSSR count). The van der Waals surface area contributed by atoms with Gasteiger partial charge < -0.3 is 14.2 Å². The van der Waals surface area contributed by atoms with Crippen LogP contribution in [-0.4, -0.2) is 20.3 Å². The normalized spacial score (nSPS) is 10.2. The van der Waals surface area contributed by atoms with E-state index in [1.807, 2.05) is 25.1 Å². The molecule has 2 aromatic carbocycles. The van der Waals surface area contributed by atoms with E-state index in [0.29, 0.717) is 18.0 Å². The quantitative estimate of drug-likeness (QED) is 0.857. The second-order valence-electron chi connectivity index (χ2n) is 5.35. The molecule has 5 nitrogen and oxygen atoms in total. The fraction of sp³-hybridized carbons (Fsp3) is 0.316. The summed E-state index contributed by atoms with van der Waals surface area (Å²) in [5, 5.41) is 2.68. The Bertz CT molecular complexity index is 713. The maximum absolute atomic E-state index is 11.6. The van der Waals surface area contributed by atoms with Crippen molar-refractivity contribution in [2.45, 2.75) is 26.9 Å². The van der Waals surface area contributed by atoms with Crippen LogP contribution in [0.25, 0.3) is 0 Å². The van der Waals surface area contributed by atoms with Gasteiger partial charge in [-0.2, -0.15) is 0 Å². The largest absolute Gasteiger partial charge is 0.495 e. The van der Waals surface area contributed by atoms with Gasteiger partial charge in [0, 0.05) is 5.56 Å². The third kappa shape index (κ3) is 4.19. The highest BCUT2D eigenvalue weighted by molar-refractivity contribution is 5.88. The van der Waals surface area contributed by atoms with E-state index in [0.717, 1.165) is 23.3 Å². The predicted octanol–water partition coefficient (Wildman–Crippen LogP) is 4.32. The van der Waals surface area contributed by atoms with Gasteiger partial charge >= 0.3 is 6.09 Å². The average Bonchev–Trinajstić information content (AvgIpc) is 2.61. The topological polar surface area (TPSA) is 56.8 Å². The van der Waals surface area contributed by atoms with Crippen LogP contribution in [0, 0.1) is 6.92 Å². The molecular weight excluding hydrogens is 306 g/mol. The summed E-state index contributed by atoms with van der Waals surface area (Å²) in [7, 11) is 2.87. The zero-order chi connectivity index (χ0) is 17.5. The van der Waals surface area contributed by atoms with E-state index in [1.54, 1.807) is 13.2 Å². The summed E-state index contributed by atoms with van der Waals surface area (Å²) in [6, 6.07) is 11.7. The van der Waals surface area contributed by atoms with Crippen LogP contribution in [-0.2, 0) is 17.8 Å². The lowest BCUT2D eigenvalue weighted by Crippen LogP contribution is -2.14. The minimum atomic E-state index is -0.552. The van der Waals surface area contributed by atoms with Crippen LogP contribution in [0.5, 0.6) is 11.5 Å². The maximum atomic E-state index is 11.6. The van der Waals surface area contributed by atoms with Gasteiger partial charge in [-0.25, -0.2) is 4.79 Å². The van der Waals surface area contributed by atoms with Crippen LogP contribution < -0.4 is 14.8 Å². The molecule has 5 heteroatoms. The first kappa shape index (κ1) is 17.7. The highest BCUT2D eigenvalue weighted by Gasteiger charge is 2.13. The molecule has 0 saturated heterocycles. The van der Waals surface area contributed by atoms with E-state index in [2.05, 4.69) is 29.1 Å². The van der Waals surface area contributed by atoms with Crippen LogP contribution in [0.1, 0.15) is 23.6 Å². The number of ether oxygens (including phenoxy) is 3. The summed E-state index contributed by atoms with van der Waals surface area (Å²) >= 11 is 0. The lowest BCUT2D eigenvalue weighted by Gasteiger charge is -2.16. The van der Waals surface area contributed by atoms with E-state index in [1.165, 1.54) is 12.7 Å². The average molecular weight is 329 g/mol. The molecule has 128 valence electrons. The van der Waals surface area contributed by atoms with E-state index >= 15 is 0 Å². The van der Waals surface area contributed by atoms with Gasteiger partial charge in [0.1, 0.15) is 18.1 Å². The van der Waals surface area contributed by atoms with E-state index < -0.39 is 6.09 Å². The van der Waals surface area contributed by atoms with Crippen molar-refractivity contribution >= 4 is 11.8 Å². The van der Waals surface area contributed by atoms with Gasteiger partial charge in [-0.15, -0.1) is 0 Å². The first-order valence-corrected chi connectivity index (χ1v) is 7.82. The van der Waals surface area contributed by atoms with E-state index in [-0.39, 0.29) is 0 Å². The molecule has 0 fully saturated rings. The first-order chi connectivity index (χ1) is 11.6.